The van der Waals surface area contributed by atoms with Gasteiger partial charge in [0.25, 0.3) is 5.91 Å². The average molecular weight is 523 g/mol. The summed E-state index contributed by atoms with van der Waals surface area (Å²) in [6, 6.07) is 6.38. The van der Waals surface area contributed by atoms with Crippen molar-refractivity contribution in [3.8, 4) is 5.75 Å². The molecule has 37 heavy (non-hydrogen) atoms. The first-order valence-electron chi connectivity index (χ1n) is 13.1. The Morgan fingerprint density at radius 2 is 1.95 bits per heavy atom. The Balaban J connectivity index is 1.54. The van der Waals surface area contributed by atoms with Crippen molar-refractivity contribution >= 4 is 27.0 Å². The molecule has 2 aromatic rings. The third-order valence-corrected chi connectivity index (χ3v) is 9.86. The first-order valence-corrected chi connectivity index (χ1v) is 14.5. The van der Waals surface area contributed by atoms with Crippen LogP contribution in [-0.2, 0) is 21.5 Å². The summed E-state index contributed by atoms with van der Waals surface area (Å²) in [5, 5.41) is 1.08. The van der Waals surface area contributed by atoms with Crippen LogP contribution < -0.4 is 15.2 Å². The number of amides is 1. The summed E-state index contributed by atoms with van der Waals surface area (Å²) in [7, 11) is 0.605. The molecular weight excluding hydrogens is 488 g/mol. The van der Waals surface area contributed by atoms with Crippen molar-refractivity contribution < 1.29 is 17.9 Å². The van der Waals surface area contributed by atoms with Gasteiger partial charge in [-0.3, -0.25) is 4.79 Å². The van der Waals surface area contributed by atoms with Crippen LogP contribution in [0.15, 0.2) is 52.6 Å². The lowest BCUT2D eigenvalue weighted by molar-refractivity contribution is -0.115. The Morgan fingerprint density at radius 1 is 1.19 bits per heavy atom. The SMILES string of the molecule is COc1ccc(C2CCCCC2)c2c1cc1n2CC2=C(C(=O)NS(=O)(=O)N(C)C)C2=C2C=CC[C@@H](N)[C@@H]21. The maximum atomic E-state index is 13.2. The molecule has 1 fully saturated rings. The Morgan fingerprint density at radius 3 is 2.65 bits per heavy atom. The van der Waals surface area contributed by atoms with Gasteiger partial charge >= 0.3 is 10.2 Å². The number of aromatic nitrogens is 1. The van der Waals surface area contributed by atoms with Crippen LogP contribution in [-0.4, -0.2) is 50.4 Å². The highest BCUT2D eigenvalue weighted by Gasteiger charge is 2.45. The Kier molecular flexibility index (Phi) is 5.85. The molecule has 3 N–H and O–H groups in total. The first-order chi connectivity index (χ1) is 17.7. The molecule has 0 unspecified atom stereocenters. The van der Waals surface area contributed by atoms with E-state index in [0.29, 0.717) is 18.0 Å². The summed E-state index contributed by atoms with van der Waals surface area (Å²) in [4.78, 5) is 13.2. The molecule has 2 heterocycles. The third-order valence-electron chi connectivity index (χ3n) is 8.46. The molecule has 1 amide bonds. The summed E-state index contributed by atoms with van der Waals surface area (Å²) >= 11 is 0. The lowest BCUT2D eigenvalue weighted by Crippen LogP contribution is -2.39. The van der Waals surface area contributed by atoms with Gasteiger partial charge in [-0.15, -0.1) is 0 Å². The maximum Gasteiger partial charge on any atom is 0.303 e. The summed E-state index contributed by atoms with van der Waals surface area (Å²) in [5.74, 6) is 0.644. The molecule has 4 aliphatic rings. The number of nitrogens with one attached hydrogen (secondary N) is 1. The van der Waals surface area contributed by atoms with E-state index in [0.717, 1.165) is 49.8 Å². The monoisotopic (exact) mass is 522 g/mol. The van der Waals surface area contributed by atoms with E-state index in [9.17, 15) is 13.2 Å². The smallest absolute Gasteiger partial charge is 0.303 e. The fourth-order valence-electron chi connectivity index (χ4n) is 6.56. The number of nitrogens with zero attached hydrogens (tertiary/aromatic N) is 2. The minimum atomic E-state index is -3.90. The van der Waals surface area contributed by atoms with Crippen LogP contribution in [0.5, 0.6) is 5.75 Å². The van der Waals surface area contributed by atoms with Crippen molar-refractivity contribution in [2.24, 2.45) is 5.73 Å². The van der Waals surface area contributed by atoms with Gasteiger partial charge in [0.1, 0.15) is 5.75 Å². The molecule has 1 saturated carbocycles. The van der Waals surface area contributed by atoms with Crippen molar-refractivity contribution in [3.05, 3.63) is 63.9 Å². The van der Waals surface area contributed by atoms with Crippen molar-refractivity contribution in [2.45, 2.75) is 62.9 Å². The molecule has 196 valence electrons. The van der Waals surface area contributed by atoms with Gasteiger partial charge < -0.3 is 15.0 Å². The molecule has 6 rings (SSSR count). The van der Waals surface area contributed by atoms with Crippen molar-refractivity contribution in [1.82, 2.24) is 13.6 Å². The highest BCUT2D eigenvalue weighted by molar-refractivity contribution is 7.87. The topological polar surface area (TPSA) is 107 Å². The second-order valence-electron chi connectivity index (χ2n) is 10.8. The Hall–Kier alpha value is -2.88. The van der Waals surface area contributed by atoms with Crippen LogP contribution in [0.3, 0.4) is 0 Å². The average Bonchev–Trinajstić information content (AvgIpc) is 3.51. The fourth-order valence-corrected chi connectivity index (χ4v) is 7.08. The van der Waals surface area contributed by atoms with Gasteiger partial charge in [0, 0.05) is 43.7 Å². The standard InChI is InChI=1S/C28H34N4O4S/c1-31(2)37(34,35)30-28(33)26-20-15-32-22(25-18(24(20)26)10-7-11-21(25)29)14-19-23(36-3)13-12-17(27(19)32)16-8-5-4-6-9-16/h7,10,12-14,16,21,25H,4-6,8-9,11,15,29H2,1-3H3,(H,30,33)/t21-,25-/m1/s1. The number of rotatable bonds is 5. The van der Waals surface area contributed by atoms with Gasteiger partial charge in [-0.05, 0) is 59.6 Å². The summed E-state index contributed by atoms with van der Waals surface area (Å²) in [6.07, 6.45) is 10.9. The zero-order valence-corrected chi connectivity index (χ0v) is 22.4. The lowest BCUT2D eigenvalue weighted by Gasteiger charge is -2.29. The van der Waals surface area contributed by atoms with E-state index in [-0.39, 0.29) is 12.0 Å². The lowest BCUT2D eigenvalue weighted by atomic mass is 9.81. The molecule has 0 spiro atoms. The van der Waals surface area contributed by atoms with Gasteiger partial charge in [-0.2, -0.15) is 12.7 Å². The zero-order chi connectivity index (χ0) is 26.1. The zero-order valence-electron chi connectivity index (χ0n) is 21.6. The van der Waals surface area contributed by atoms with Crippen LogP contribution in [0.25, 0.3) is 10.9 Å². The first kappa shape index (κ1) is 24.5. The van der Waals surface area contributed by atoms with Crippen LogP contribution in [0.4, 0.5) is 0 Å². The molecule has 1 aromatic heterocycles. The van der Waals surface area contributed by atoms with Gasteiger partial charge in [0.05, 0.1) is 18.2 Å². The molecule has 1 aromatic carbocycles. The largest absolute Gasteiger partial charge is 0.496 e. The minimum Gasteiger partial charge on any atom is -0.496 e. The van der Waals surface area contributed by atoms with Gasteiger partial charge in [-0.1, -0.05) is 37.5 Å². The van der Waals surface area contributed by atoms with E-state index in [1.165, 1.54) is 51.8 Å². The second kappa shape index (κ2) is 8.85. The molecule has 8 nitrogen and oxygen atoms in total. The molecule has 0 radical (unpaired) electrons. The maximum absolute atomic E-state index is 13.2. The summed E-state index contributed by atoms with van der Waals surface area (Å²) in [5.41, 5.74) is 13.6. The number of nitrogens with two attached hydrogens (primary N) is 1. The molecule has 1 aliphatic heterocycles. The van der Waals surface area contributed by atoms with Crippen molar-refractivity contribution in [2.75, 3.05) is 21.2 Å². The Bertz CT molecular complexity index is 1510. The highest BCUT2D eigenvalue weighted by Crippen LogP contribution is 2.53. The number of hydrogen-bond acceptors (Lipinski definition) is 5. The number of benzene rings is 1. The van der Waals surface area contributed by atoms with Crippen LogP contribution in [0.1, 0.15) is 61.6 Å². The quantitative estimate of drug-likeness (QED) is 0.624. The number of carbonyl (C=O) groups excluding carboxylic acids is 1. The van der Waals surface area contributed by atoms with Gasteiger partial charge in [0.2, 0.25) is 0 Å². The van der Waals surface area contributed by atoms with E-state index >= 15 is 0 Å². The normalized spacial score (nSPS) is 23.6. The van der Waals surface area contributed by atoms with Crippen LogP contribution in [0.2, 0.25) is 0 Å². The number of ether oxygens (including phenoxy) is 1. The molecule has 0 saturated heterocycles. The van der Waals surface area contributed by atoms with Crippen molar-refractivity contribution in [3.63, 3.8) is 0 Å². The van der Waals surface area contributed by atoms with E-state index in [1.54, 1.807) is 7.11 Å². The Labute approximate surface area is 218 Å². The predicted octanol–water partition coefficient (Wildman–Crippen LogP) is 3.61. The molecule has 2 atom stereocenters. The van der Waals surface area contributed by atoms with E-state index < -0.39 is 16.1 Å². The van der Waals surface area contributed by atoms with Gasteiger partial charge in [0.15, 0.2) is 0 Å². The summed E-state index contributed by atoms with van der Waals surface area (Å²) < 4.78 is 36.2. The van der Waals surface area contributed by atoms with Crippen LogP contribution >= 0.6 is 0 Å². The third kappa shape index (κ3) is 3.86. The van der Waals surface area contributed by atoms with Crippen LogP contribution in [0, 0.1) is 0 Å². The molecule has 0 bridgehead atoms. The van der Waals surface area contributed by atoms with E-state index in [4.69, 9.17) is 10.5 Å². The second-order valence-corrected chi connectivity index (χ2v) is 12.7. The number of fused-ring (bicyclic) bond motifs is 6. The predicted molar refractivity (Wildman–Crippen MR) is 144 cm³/mol. The molecule has 9 heteroatoms. The van der Waals surface area contributed by atoms with Crippen molar-refractivity contribution in [1.29, 1.82) is 0 Å². The number of allylic oxidation sites excluding steroid dienone is 2. The number of methoxy groups -OCH3 is 1. The highest BCUT2D eigenvalue weighted by atomic mass is 32.2. The molecular formula is C28H34N4O4S. The minimum absolute atomic E-state index is 0.0930. The van der Waals surface area contributed by atoms with Gasteiger partial charge in [-0.25, -0.2) is 4.72 Å². The number of hydrogen-bond donors (Lipinski definition) is 2. The summed E-state index contributed by atoms with van der Waals surface area (Å²) in [6.45, 7) is 0.506. The number of carbonyl (C=O) groups is 1. The van der Waals surface area contributed by atoms with E-state index in [1.807, 2.05) is 0 Å². The molecule has 3 aliphatic carbocycles. The van der Waals surface area contributed by atoms with E-state index in [2.05, 4.69) is 39.6 Å². The fraction of sp³-hybridized carbons (Fsp3) is 0.464.